The average Bonchev–Trinajstić information content (AvgIpc) is 2.75. The summed E-state index contributed by atoms with van der Waals surface area (Å²) in [4.78, 5) is 14.3. The highest BCUT2D eigenvalue weighted by atomic mass is 79.9. The number of aryl methyl sites for hydroxylation is 1. The van der Waals surface area contributed by atoms with Crippen molar-refractivity contribution >= 4 is 21.8 Å². The molecule has 2 rings (SSSR count). The molecule has 5 heteroatoms. The van der Waals surface area contributed by atoms with Crippen LogP contribution < -0.4 is 0 Å². The Bertz CT molecular complexity index is 389. The largest absolute Gasteiger partial charge is 0.338 e. The fourth-order valence-corrected chi connectivity index (χ4v) is 3.02. The van der Waals surface area contributed by atoms with Crippen molar-refractivity contribution in [2.24, 2.45) is 5.92 Å². The maximum absolute atomic E-state index is 12.3. The summed E-state index contributed by atoms with van der Waals surface area (Å²) in [5, 5.41) is 7.75. The van der Waals surface area contributed by atoms with Crippen LogP contribution in [0.2, 0.25) is 0 Å². The van der Waals surface area contributed by atoms with E-state index >= 15 is 0 Å². The molecule has 0 radical (unpaired) electrons. The molecule has 1 atom stereocenters. The number of aromatic nitrogens is 2. The standard InChI is InChI=1S/C12H18BrN3O/c1-9-11(7-14-15-9)12(17)16-6-2-3-10(8-16)4-5-13/h7,10H,2-6,8H2,1H3,(H,14,15). The van der Waals surface area contributed by atoms with Crippen molar-refractivity contribution in [3.8, 4) is 0 Å². The van der Waals surface area contributed by atoms with Crippen LogP contribution in [-0.2, 0) is 0 Å². The molecule has 4 nitrogen and oxygen atoms in total. The molecule has 1 saturated heterocycles. The number of piperidine rings is 1. The van der Waals surface area contributed by atoms with Crippen molar-refractivity contribution in [2.75, 3.05) is 18.4 Å². The van der Waals surface area contributed by atoms with Crippen molar-refractivity contribution in [1.29, 1.82) is 0 Å². The summed E-state index contributed by atoms with van der Waals surface area (Å²) in [6, 6.07) is 0. The van der Waals surface area contributed by atoms with Gasteiger partial charge in [0.25, 0.3) is 5.91 Å². The Balaban J connectivity index is 2.02. The Morgan fingerprint density at radius 1 is 1.71 bits per heavy atom. The number of halogens is 1. The van der Waals surface area contributed by atoms with Gasteiger partial charge in [0, 0.05) is 24.1 Å². The lowest BCUT2D eigenvalue weighted by Gasteiger charge is -2.32. The van der Waals surface area contributed by atoms with Crippen LogP contribution in [0.3, 0.4) is 0 Å². The minimum absolute atomic E-state index is 0.121. The predicted octanol–water partition coefficient (Wildman–Crippen LogP) is 2.36. The average molecular weight is 300 g/mol. The lowest BCUT2D eigenvalue weighted by molar-refractivity contribution is 0.0671. The number of aromatic amines is 1. The molecule has 94 valence electrons. The molecule has 1 N–H and O–H groups in total. The number of alkyl halides is 1. The molecule has 1 unspecified atom stereocenters. The van der Waals surface area contributed by atoms with E-state index < -0.39 is 0 Å². The number of hydrogen-bond donors (Lipinski definition) is 1. The van der Waals surface area contributed by atoms with Crippen LogP contribution >= 0.6 is 15.9 Å². The Morgan fingerprint density at radius 2 is 2.53 bits per heavy atom. The first-order chi connectivity index (χ1) is 8.22. The normalized spacial score (nSPS) is 20.6. The van der Waals surface area contributed by atoms with Gasteiger partial charge in [-0.3, -0.25) is 9.89 Å². The van der Waals surface area contributed by atoms with Gasteiger partial charge in [0.05, 0.1) is 11.8 Å². The molecule has 2 heterocycles. The molecule has 1 amide bonds. The lowest BCUT2D eigenvalue weighted by atomic mass is 9.95. The summed E-state index contributed by atoms with van der Waals surface area (Å²) in [5.41, 5.74) is 1.57. The molecular weight excluding hydrogens is 282 g/mol. The molecule has 17 heavy (non-hydrogen) atoms. The van der Waals surface area contributed by atoms with Crippen molar-refractivity contribution < 1.29 is 4.79 Å². The fourth-order valence-electron chi connectivity index (χ4n) is 2.38. The summed E-state index contributed by atoms with van der Waals surface area (Å²) in [7, 11) is 0. The van der Waals surface area contributed by atoms with Gasteiger partial charge >= 0.3 is 0 Å². The van der Waals surface area contributed by atoms with Gasteiger partial charge in [-0.25, -0.2) is 0 Å². The smallest absolute Gasteiger partial charge is 0.257 e. The molecule has 0 bridgehead atoms. The molecule has 1 aromatic heterocycles. The molecule has 0 aromatic carbocycles. The molecule has 0 spiro atoms. The summed E-state index contributed by atoms with van der Waals surface area (Å²) in [6.07, 6.45) is 5.12. The Labute approximate surface area is 110 Å². The Morgan fingerprint density at radius 3 is 3.18 bits per heavy atom. The summed E-state index contributed by atoms with van der Waals surface area (Å²) in [5.74, 6) is 0.759. The minimum Gasteiger partial charge on any atom is -0.338 e. The van der Waals surface area contributed by atoms with Crippen molar-refractivity contribution in [3.63, 3.8) is 0 Å². The van der Waals surface area contributed by atoms with Crippen molar-refractivity contribution in [3.05, 3.63) is 17.5 Å². The number of amides is 1. The second kappa shape index (κ2) is 5.67. The van der Waals surface area contributed by atoms with Crippen LogP contribution in [-0.4, -0.2) is 39.4 Å². The van der Waals surface area contributed by atoms with E-state index in [2.05, 4.69) is 26.1 Å². The number of carbonyl (C=O) groups excluding carboxylic acids is 1. The summed E-state index contributed by atoms with van der Waals surface area (Å²) >= 11 is 3.47. The summed E-state index contributed by atoms with van der Waals surface area (Å²) < 4.78 is 0. The zero-order valence-electron chi connectivity index (χ0n) is 10.1. The molecule has 1 aliphatic heterocycles. The van der Waals surface area contributed by atoms with Crippen LogP contribution in [0.25, 0.3) is 0 Å². The van der Waals surface area contributed by atoms with Crippen molar-refractivity contribution in [2.45, 2.75) is 26.2 Å². The van der Waals surface area contributed by atoms with Gasteiger partial charge in [-0.15, -0.1) is 0 Å². The van der Waals surface area contributed by atoms with E-state index in [0.29, 0.717) is 11.5 Å². The van der Waals surface area contributed by atoms with Gasteiger partial charge in [0.1, 0.15) is 0 Å². The highest BCUT2D eigenvalue weighted by molar-refractivity contribution is 9.09. The number of hydrogen-bond acceptors (Lipinski definition) is 2. The first-order valence-corrected chi connectivity index (χ1v) is 7.19. The van der Waals surface area contributed by atoms with Crippen molar-refractivity contribution in [1.82, 2.24) is 15.1 Å². The molecule has 1 fully saturated rings. The third kappa shape index (κ3) is 2.89. The van der Waals surface area contributed by atoms with E-state index in [-0.39, 0.29) is 5.91 Å². The van der Waals surface area contributed by atoms with Crippen LogP contribution in [0.4, 0.5) is 0 Å². The van der Waals surface area contributed by atoms with E-state index in [9.17, 15) is 4.79 Å². The predicted molar refractivity (Wildman–Crippen MR) is 70.4 cm³/mol. The number of nitrogens with one attached hydrogen (secondary N) is 1. The summed E-state index contributed by atoms with van der Waals surface area (Å²) in [6.45, 7) is 3.65. The molecule has 1 aromatic rings. The maximum Gasteiger partial charge on any atom is 0.257 e. The van der Waals surface area contributed by atoms with Crippen LogP contribution in [0.5, 0.6) is 0 Å². The third-order valence-corrected chi connectivity index (χ3v) is 3.84. The maximum atomic E-state index is 12.3. The van der Waals surface area contributed by atoms with Gasteiger partial charge in [-0.1, -0.05) is 15.9 Å². The SMILES string of the molecule is Cc1[nH]ncc1C(=O)N1CCCC(CCBr)C1. The van der Waals surface area contributed by atoms with E-state index in [1.54, 1.807) is 6.20 Å². The number of likely N-dealkylation sites (tertiary alicyclic amines) is 1. The Hall–Kier alpha value is -0.840. The fraction of sp³-hybridized carbons (Fsp3) is 0.667. The highest BCUT2D eigenvalue weighted by Gasteiger charge is 2.25. The monoisotopic (exact) mass is 299 g/mol. The van der Waals surface area contributed by atoms with E-state index in [0.717, 1.165) is 37.0 Å². The first kappa shape index (κ1) is 12.6. The van der Waals surface area contributed by atoms with Gasteiger partial charge < -0.3 is 4.90 Å². The van der Waals surface area contributed by atoms with Crippen LogP contribution in [0, 0.1) is 12.8 Å². The quantitative estimate of drug-likeness (QED) is 0.871. The molecule has 1 aliphatic rings. The molecule has 0 saturated carbocycles. The zero-order chi connectivity index (χ0) is 12.3. The van der Waals surface area contributed by atoms with Gasteiger partial charge in [-0.2, -0.15) is 5.10 Å². The Kier molecular flexibility index (Phi) is 4.20. The number of carbonyl (C=O) groups is 1. The lowest BCUT2D eigenvalue weighted by Crippen LogP contribution is -2.40. The molecule has 0 aliphatic carbocycles. The van der Waals surface area contributed by atoms with Gasteiger partial charge in [0.15, 0.2) is 0 Å². The second-order valence-electron chi connectivity index (χ2n) is 4.65. The van der Waals surface area contributed by atoms with Gasteiger partial charge in [-0.05, 0) is 32.1 Å². The first-order valence-electron chi connectivity index (χ1n) is 6.07. The number of rotatable bonds is 3. The van der Waals surface area contributed by atoms with E-state index in [1.807, 2.05) is 11.8 Å². The van der Waals surface area contributed by atoms with Gasteiger partial charge in [0.2, 0.25) is 0 Å². The minimum atomic E-state index is 0.121. The number of H-pyrrole nitrogens is 1. The number of nitrogens with zero attached hydrogens (tertiary/aromatic N) is 2. The topological polar surface area (TPSA) is 49.0 Å². The molecular formula is C12H18BrN3O. The van der Waals surface area contributed by atoms with Crippen LogP contribution in [0.1, 0.15) is 35.3 Å². The zero-order valence-corrected chi connectivity index (χ0v) is 11.7. The highest BCUT2D eigenvalue weighted by Crippen LogP contribution is 2.22. The van der Waals surface area contributed by atoms with Crippen LogP contribution in [0.15, 0.2) is 6.20 Å². The third-order valence-electron chi connectivity index (χ3n) is 3.38. The van der Waals surface area contributed by atoms with E-state index in [1.165, 1.54) is 6.42 Å². The second-order valence-corrected chi connectivity index (χ2v) is 5.44. The van der Waals surface area contributed by atoms with E-state index in [4.69, 9.17) is 0 Å².